The minimum Gasteiger partial charge on any atom is -0.305 e. The zero-order chi connectivity index (χ0) is 15.6. The lowest BCUT2D eigenvalue weighted by Crippen LogP contribution is -2.37. The SMILES string of the molecule is O=c1[nH]c(-c2ccccn2)nc2c1CCN(CC1CCCC1)C2. The molecular weight excluding hydrogens is 288 g/mol. The second kappa shape index (κ2) is 6.24. The predicted octanol–water partition coefficient (Wildman–Crippen LogP) is 2.38. The third-order valence-corrected chi connectivity index (χ3v) is 5.05. The van der Waals surface area contributed by atoms with E-state index in [9.17, 15) is 4.79 Å². The maximum atomic E-state index is 12.4. The molecule has 0 spiro atoms. The van der Waals surface area contributed by atoms with Crippen molar-refractivity contribution in [3.05, 3.63) is 46.0 Å². The van der Waals surface area contributed by atoms with Crippen molar-refractivity contribution in [2.24, 2.45) is 5.92 Å². The summed E-state index contributed by atoms with van der Waals surface area (Å²) in [4.78, 5) is 26.7. The molecule has 120 valence electrons. The molecule has 23 heavy (non-hydrogen) atoms. The molecule has 1 N–H and O–H groups in total. The number of H-pyrrole nitrogens is 1. The quantitative estimate of drug-likeness (QED) is 0.945. The summed E-state index contributed by atoms with van der Waals surface area (Å²) in [6.07, 6.45) is 7.97. The standard InChI is InChI=1S/C18H22N4O/c23-18-14-8-10-22(11-13-5-1-2-6-13)12-16(14)20-17(21-18)15-7-3-4-9-19-15/h3-4,7,9,13H,1-2,5-6,8,10-12H2,(H,20,21,23). The van der Waals surface area contributed by atoms with E-state index >= 15 is 0 Å². The minimum absolute atomic E-state index is 0.00355. The van der Waals surface area contributed by atoms with E-state index < -0.39 is 0 Å². The average molecular weight is 310 g/mol. The molecule has 5 heteroatoms. The van der Waals surface area contributed by atoms with Crippen LogP contribution in [0.15, 0.2) is 29.2 Å². The van der Waals surface area contributed by atoms with Gasteiger partial charge in [-0.3, -0.25) is 14.7 Å². The second-order valence-corrected chi connectivity index (χ2v) is 6.69. The zero-order valence-electron chi connectivity index (χ0n) is 13.3. The lowest BCUT2D eigenvalue weighted by Gasteiger charge is -2.29. The molecule has 3 heterocycles. The van der Waals surface area contributed by atoms with Gasteiger partial charge in [0.05, 0.1) is 5.69 Å². The molecule has 4 rings (SSSR count). The Bertz CT molecular complexity index is 734. The van der Waals surface area contributed by atoms with Gasteiger partial charge < -0.3 is 4.98 Å². The molecule has 0 amide bonds. The van der Waals surface area contributed by atoms with Crippen molar-refractivity contribution in [3.63, 3.8) is 0 Å². The van der Waals surface area contributed by atoms with Crippen LogP contribution < -0.4 is 5.56 Å². The zero-order valence-corrected chi connectivity index (χ0v) is 13.3. The van der Waals surface area contributed by atoms with Crippen molar-refractivity contribution in [2.45, 2.75) is 38.6 Å². The summed E-state index contributed by atoms with van der Waals surface area (Å²) in [5.41, 5.74) is 2.50. The highest BCUT2D eigenvalue weighted by molar-refractivity contribution is 5.49. The van der Waals surface area contributed by atoms with E-state index in [1.165, 1.54) is 25.7 Å². The summed E-state index contributed by atoms with van der Waals surface area (Å²) in [6.45, 7) is 2.90. The molecule has 1 saturated carbocycles. The van der Waals surface area contributed by atoms with Crippen LogP contribution in [0.1, 0.15) is 36.9 Å². The van der Waals surface area contributed by atoms with E-state index in [0.717, 1.165) is 48.9 Å². The topological polar surface area (TPSA) is 61.9 Å². The van der Waals surface area contributed by atoms with Gasteiger partial charge >= 0.3 is 0 Å². The summed E-state index contributed by atoms with van der Waals surface area (Å²) < 4.78 is 0. The van der Waals surface area contributed by atoms with Crippen LogP contribution in [0.4, 0.5) is 0 Å². The molecule has 2 aromatic rings. The average Bonchev–Trinajstić information content (AvgIpc) is 3.08. The molecule has 5 nitrogen and oxygen atoms in total. The first-order chi connectivity index (χ1) is 11.3. The maximum absolute atomic E-state index is 12.4. The number of rotatable bonds is 3. The molecule has 2 aromatic heterocycles. The van der Waals surface area contributed by atoms with Gasteiger partial charge in [-0.25, -0.2) is 4.98 Å². The Morgan fingerprint density at radius 1 is 1.26 bits per heavy atom. The Morgan fingerprint density at radius 3 is 2.91 bits per heavy atom. The number of nitrogens with zero attached hydrogens (tertiary/aromatic N) is 3. The highest BCUT2D eigenvalue weighted by atomic mass is 16.1. The van der Waals surface area contributed by atoms with Crippen LogP contribution in [-0.2, 0) is 13.0 Å². The molecule has 0 aromatic carbocycles. The van der Waals surface area contributed by atoms with Crippen molar-refractivity contribution < 1.29 is 0 Å². The molecule has 0 radical (unpaired) electrons. The highest BCUT2D eigenvalue weighted by Crippen LogP contribution is 2.27. The smallest absolute Gasteiger partial charge is 0.254 e. The van der Waals surface area contributed by atoms with Gasteiger partial charge in [0.15, 0.2) is 5.82 Å². The maximum Gasteiger partial charge on any atom is 0.254 e. The molecule has 0 unspecified atom stereocenters. The number of nitrogens with one attached hydrogen (secondary N) is 1. The van der Waals surface area contributed by atoms with Gasteiger partial charge in [-0.15, -0.1) is 0 Å². The van der Waals surface area contributed by atoms with Crippen LogP contribution in [0.5, 0.6) is 0 Å². The predicted molar refractivity (Wildman–Crippen MR) is 89.0 cm³/mol. The third kappa shape index (κ3) is 3.06. The normalized spacial score (nSPS) is 19.0. The van der Waals surface area contributed by atoms with Gasteiger partial charge in [0.1, 0.15) is 5.69 Å². The first-order valence-electron chi connectivity index (χ1n) is 8.55. The summed E-state index contributed by atoms with van der Waals surface area (Å²) in [7, 11) is 0. The van der Waals surface area contributed by atoms with E-state index in [0.29, 0.717) is 5.82 Å². The van der Waals surface area contributed by atoms with Crippen LogP contribution in [0, 0.1) is 5.92 Å². The number of fused-ring (bicyclic) bond motifs is 1. The minimum atomic E-state index is -0.00355. The van der Waals surface area contributed by atoms with Crippen LogP contribution >= 0.6 is 0 Å². The second-order valence-electron chi connectivity index (χ2n) is 6.69. The molecule has 0 saturated heterocycles. The van der Waals surface area contributed by atoms with E-state index in [4.69, 9.17) is 4.98 Å². The van der Waals surface area contributed by atoms with Crippen LogP contribution in [0.3, 0.4) is 0 Å². The Hall–Kier alpha value is -2.01. The van der Waals surface area contributed by atoms with Crippen molar-refractivity contribution in [1.29, 1.82) is 0 Å². The highest BCUT2D eigenvalue weighted by Gasteiger charge is 2.24. The first kappa shape index (κ1) is 14.6. The van der Waals surface area contributed by atoms with E-state index in [2.05, 4.69) is 14.9 Å². The lowest BCUT2D eigenvalue weighted by atomic mass is 10.0. The fraction of sp³-hybridized carbons (Fsp3) is 0.500. The summed E-state index contributed by atoms with van der Waals surface area (Å²) >= 11 is 0. The Morgan fingerprint density at radius 2 is 2.13 bits per heavy atom. The van der Waals surface area contributed by atoms with Crippen molar-refractivity contribution in [3.8, 4) is 11.5 Å². The Labute approximate surface area is 135 Å². The summed E-state index contributed by atoms with van der Waals surface area (Å²) in [6, 6.07) is 5.65. The van der Waals surface area contributed by atoms with Crippen molar-refractivity contribution in [1.82, 2.24) is 19.9 Å². The fourth-order valence-corrected chi connectivity index (χ4v) is 3.83. The molecule has 1 fully saturated rings. The van der Waals surface area contributed by atoms with Crippen LogP contribution in [-0.4, -0.2) is 32.9 Å². The van der Waals surface area contributed by atoms with Crippen molar-refractivity contribution in [2.75, 3.05) is 13.1 Å². The Balaban J connectivity index is 1.59. The largest absolute Gasteiger partial charge is 0.305 e. The summed E-state index contributed by atoms with van der Waals surface area (Å²) in [5, 5.41) is 0. The number of hydrogen-bond acceptors (Lipinski definition) is 4. The molecular formula is C18H22N4O. The van der Waals surface area contributed by atoms with E-state index in [1.807, 2.05) is 18.2 Å². The monoisotopic (exact) mass is 310 g/mol. The van der Waals surface area contributed by atoms with Crippen molar-refractivity contribution >= 4 is 0 Å². The lowest BCUT2D eigenvalue weighted by molar-refractivity contribution is 0.211. The number of aromatic amines is 1. The summed E-state index contributed by atoms with van der Waals surface area (Å²) in [5.74, 6) is 1.41. The molecule has 1 aliphatic carbocycles. The molecule has 0 bridgehead atoms. The van der Waals surface area contributed by atoms with E-state index in [1.54, 1.807) is 6.20 Å². The van der Waals surface area contributed by atoms with Gasteiger partial charge in [0.2, 0.25) is 0 Å². The molecule has 0 atom stereocenters. The van der Waals surface area contributed by atoms with Gasteiger partial charge in [-0.1, -0.05) is 18.9 Å². The van der Waals surface area contributed by atoms with E-state index in [-0.39, 0.29) is 5.56 Å². The van der Waals surface area contributed by atoms with Gasteiger partial charge in [0.25, 0.3) is 5.56 Å². The first-order valence-corrected chi connectivity index (χ1v) is 8.55. The third-order valence-electron chi connectivity index (χ3n) is 5.05. The van der Waals surface area contributed by atoms with Gasteiger partial charge in [-0.05, 0) is 37.3 Å². The van der Waals surface area contributed by atoms with Gasteiger partial charge in [0, 0.05) is 31.4 Å². The van der Waals surface area contributed by atoms with Crippen LogP contribution in [0.25, 0.3) is 11.5 Å². The Kier molecular flexibility index (Phi) is 3.95. The number of aromatic nitrogens is 3. The number of pyridine rings is 1. The number of hydrogen-bond donors (Lipinski definition) is 1. The van der Waals surface area contributed by atoms with Gasteiger partial charge in [-0.2, -0.15) is 0 Å². The fourth-order valence-electron chi connectivity index (χ4n) is 3.83. The molecule has 1 aliphatic heterocycles. The van der Waals surface area contributed by atoms with Crippen LogP contribution in [0.2, 0.25) is 0 Å². The molecule has 2 aliphatic rings.